The Kier molecular flexibility index (Phi) is 4.84. The lowest BCUT2D eigenvalue weighted by Gasteiger charge is -2.20. The average molecular weight is 377 g/mol. The number of nitrogens with one attached hydrogen (secondary N) is 1. The summed E-state index contributed by atoms with van der Waals surface area (Å²) in [4.78, 5) is 23.1. The molecule has 0 unspecified atom stereocenters. The Morgan fingerprint density at radius 1 is 1.25 bits per heavy atom. The zero-order chi connectivity index (χ0) is 19.8. The van der Waals surface area contributed by atoms with Gasteiger partial charge in [0.05, 0.1) is 30.4 Å². The first kappa shape index (κ1) is 18.5. The van der Waals surface area contributed by atoms with Crippen molar-refractivity contribution >= 4 is 16.8 Å². The predicted molar refractivity (Wildman–Crippen MR) is 111 cm³/mol. The molecule has 4 rings (SSSR count). The summed E-state index contributed by atoms with van der Waals surface area (Å²) in [5, 5.41) is 1.19. The van der Waals surface area contributed by atoms with Crippen LogP contribution in [-0.4, -0.2) is 34.9 Å². The van der Waals surface area contributed by atoms with Gasteiger partial charge in [0.15, 0.2) is 0 Å². The van der Waals surface area contributed by atoms with Crippen molar-refractivity contribution in [3.05, 3.63) is 58.0 Å². The Morgan fingerprint density at radius 2 is 2.04 bits per heavy atom. The molecule has 0 saturated heterocycles. The van der Waals surface area contributed by atoms with E-state index in [9.17, 15) is 4.79 Å². The Balaban J connectivity index is 1.66. The number of methoxy groups -OCH3 is 1. The number of ether oxygens (including phenoxy) is 1. The molecule has 28 heavy (non-hydrogen) atoms. The number of amides is 1. The van der Waals surface area contributed by atoms with E-state index in [0.29, 0.717) is 6.54 Å². The second-order valence-corrected chi connectivity index (χ2v) is 7.72. The summed E-state index contributed by atoms with van der Waals surface area (Å²) in [6.45, 7) is 4.41. The summed E-state index contributed by atoms with van der Waals surface area (Å²) in [6, 6.07) is 6.03. The number of hydrogen-bond donors (Lipinski definition) is 1. The van der Waals surface area contributed by atoms with Crippen LogP contribution in [0.4, 0.5) is 0 Å². The van der Waals surface area contributed by atoms with Gasteiger partial charge in [0.25, 0.3) is 5.91 Å². The van der Waals surface area contributed by atoms with E-state index in [4.69, 9.17) is 4.74 Å². The summed E-state index contributed by atoms with van der Waals surface area (Å²) in [6.07, 6.45) is 6.40. The van der Waals surface area contributed by atoms with Crippen LogP contribution in [0.25, 0.3) is 10.9 Å². The van der Waals surface area contributed by atoms with Gasteiger partial charge in [0.1, 0.15) is 5.75 Å². The highest BCUT2D eigenvalue weighted by atomic mass is 16.5. The van der Waals surface area contributed by atoms with Gasteiger partial charge in [0.2, 0.25) is 0 Å². The lowest BCUT2D eigenvalue weighted by Crippen LogP contribution is -2.27. The van der Waals surface area contributed by atoms with Crippen molar-refractivity contribution in [3.63, 3.8) is 0 Å². The number of aromatic nitrogens is 2. The van der Waals surface area contributed by atoms with E-state index < -0.39 is 0 Å². The number of aromatic amines is 1. The van der Waals surface area contributed by atoms with Crippen molar-refractivity contribution in [1.82, 2.24) is 14.9 Å². The molecule has 0 saturated carbocycles. The van der Waals surface area contributed by atoms with Crippen LogP contribution in [0, 0.1) is 13.8 Å². The molecule has 3 aromatic rings. The monoisotopic (exact) mass is 377 g/mol. The average Bonchev–Trinajstić information content (AvgIpc) is 3.08. The van der Waals surface area contributed by atoms with Crippen LogP contribution in [0.1, 0.15) is 51.3 Å². The number of carbonyl (C=O) groups excluding carboxylic acids is 1. The number of rotatable bonds is 4. The van der Waals surface area contributed by atoms with E-state index >= 15 is 0 Å². The minimum atomic E-state index is 0.00457. The summed E-state index contributed by atoms with van der Waals surface area (Å²) in [5.41, 5.74) is 7.22. The fraction of sp³-hybridized carbons (Fsp3) is 0.391. The first-order valence-electron chi connectivity index (χ1n) is 9.88. The van der Waals surface area contributed by atoms with Crippen LogP contribution in [0.2, 0.25) is 0 Å². The van der Waals surface area contributed by atoms with Gasteiger partial charge >= 0.3 is 0 Å². The number of fused-ring (bicyclic) bond motifs is 3. The lowest BCUT2D eigenvalue weighted by atomic mass is 9.95. The van der Waals surface area contributed by atoms with Crippen molar-refractivity contribution in [2.45, 2.75) is 46.1 Å². The molecular weight excluding hydrogens is 350 g/mol. The van der Waals surface area contributed by atoms with E-state index in [1.54, 1.807) is 18.2 Å². The molecule has 5 heteroatoms. The summed E-state index contributed by atoms with van der Waals surface area (Å²) < 4.78 is 5.50. The molecule has 1 aliphatic rings. The second-order valence-electron chi connectivity index (χ2n) is 7.72. The third-order valence-electron chi connectivity index (χ3n) is 5.85. The minimum absolute atomic E-state index is 0.00457. The molecule has 146 valence electrons. The molecule has 0 atom stereocenters. The first-order valence-corrected chi connectivity index (χ1v) is 9.88. The van der Waals surface area contributed by atoms with Crippen molar-refractivity contribution in [3.8, 4) is 5.75 Å². The van der Waals surface area contributed by atoms with E-state index in [0.717, 1.165) is 46.5 Å². The van der Waals surface area contributed by atoms with Gasteiger partial charge in [-0.2, -0.15) is 0 Å². The van der Waals surface area contributed by atoms with Crippen LogP contribution in [-0.2, 0) is 19.4 Å². The van der Waals surface area contributed by atoms with Gasteiger partial charge < -0.3 is 14.6 Å². The molecule has 0 aliphatic heterocycles. The number of carbonyl (C=O) groups is 1. The SMILES string of the molecule is COc1c(C)cnc(CN(C)C(=O)c2cccc3c4c([nH]c23)CCCC4)c1C. The van der Waals surface area contributed by atoms with Crippen LogP contribution in [0.3, 0.4) is 0 Å². The lowest BCUT2D eigenvalue weighted by molar-refractivity contribution is 0.0785. The third kappa shape index (κ3) is 3.05. The standard InChI is InChI=1S/C23H27N3O2/c1-14-12-24-20(15(2)22(14)28-4)13-26(3)23(27)18-10-7-9-17-16-8-5-6-11-19(16)25-21(17)18/h7,9-10,12,25H,5-6,8,11,13H2,1-4H3. The highest BCUT2D eigenvalue weighted by molar-refractivity contribution is 6.06. The van der Waals surface area contributed by atoms with Gasteiger partial charge in [-0.3, -0.25) is 9.78 Å². The molecule has 1 amide bonds. The predicted octanol–water partition coefficient (Wildman–Crippen LogP) is 4.34. The van der Waals surface area contributed by atoms with E-state index in [1.807, 2.05) is 33.0 Å². The Bertz CT molecular complexity index is 1050. The van der Waals surface area contributed by atoms with Crippen LogP contribution in [0.5, 0.6) is 5.75 Å². The topological polar surface area (TPSA) is 58.2 Å². The fourth-order valence-electron chi connectivity index (χ4n) is 4.34. The molecule has 0 radical (unpaired) electrons. The molecule has 1 N–H and O–H groups in total. The third-order valence-corrected chi connectivity index (χ3v) is 5.85. The maximum Gasteiger partial charge on any atom is 0.256 e. The Morgan fingerprint density at radius 3 is 2.82 bits per heavy atom. The highest BCUT2D eigenvalue weighted by Crippen LogP contribution is 2.31. The maximum absolute atomic E-state index is 13.3. The van der Waals surface area contributed by atoms with Gasteiger partial charge in [0, 0.05) is 35.5 Å². The fourth-order valence-corrected chi connectivity index (χ4v) is 4.34. The van der Waals surface area contributed by atoms with Crippen LogP contribution >= 0.6 is 0 Å². The first-order chi connectivity index (χ1) is 13.5. The zero-order valence-electron chi connectivity index (χ0n) is 17.1. The summed E-state index contributed by atoms with van der Waals surface area (Å²) >= 11 is 0. The largest absolute Gasteiger partial charge is 0.496 e. The number of hydrogen-bond acceptors (Lipinski definition) is 3. The van der Waals surface area contributed by atoms with Crippen molar-refractivity contribution in [1.29, 1.82) is 0 Å². The number of pyridine rings is 1. The van der Waals surface area contributed by atoms with Crippen LogP contribution in [0.15, 0.2) is 24.4 Å². The van der Waals surface area contributed by atoms with Crippen molar-refractivity contribution < 1.29 is 9.53 Å². The molecular formula is C23H27N3O2. The van der Waals surface area contributed by atoms with E-state index in [-0.39, 0.29) is 5.91 Å². The molecule has 2 aromatic heterocycles. The molecule has 0 fully saturated rings. The number of H-pyrrole nitrogens is 1. The van der Waals surface area contributed by atoms with Gasteiger partial charge in [-0.1, -0.05) is 12.1 Å². The van der Waals surface area contributed by atoms with E-state index in [1.165, 1.54) is 29.5 Å². The number of benzene rings is 1. The summed E-state index contributed by atoms with van der Waals surface area (Å²) in [7, 11) is 3.50. The zero-order valence-corrected chi connectivity index (χ0v) is 17.1. The number of nitrogens with zero attached hydrogens (tertiary/aromatic N) is 2. The smallest absolute Gasteiger partial charge is 0.256 e. The molecule has 1 aliphatic carbocycles. The van der Waals surface area contributed by atoms with Gasteiger partial charge in [-0.15, -0.1) is 0 Å². The maximum atomic E-state index is 13.3. The molecule has 0 spiro atoms. The molecule has 1 aromatic carbocycles. The summed E-state index contributed by atoms with van der Waals surface area (Å²) in [5.74, 6) is 0.843. The van der Waals surface area contributed by atoms with Crippen molar-refractivity contribution in [2.24, 2.45) is 0 Å². The Hall–Kier alpha value is -2.82. The molecule has 0 bridgehead atoms. The quantitative estimate of drug-likeness (QED) is 0.736. The molecule has 5 nitrogen and oxygen atoms in total. The van der Waals surface area contributed by atoms with Crippen molar-refractivity contribution in [2.75, 3.05) is 14.2 Å². The van der Waals surface area contributed by atoms with E-state index in [2.05, 4.69) is 16.0 Å². The van der Waals surface area contributed by atoms with Gasteiger partial charge in [-0.25, -0.2) is 0 Å². The Labute approximate surface area is 165 Å². The highest BCUT2D eigenvalue weighted by Gasteiger charge is 2.22. The minimum Gasteiger partial charge on any atom is -0.496 e. The van der Waals surface area contributed by atoms with Gasteiger partial charge in [-0.05, 0) is 51.2 Å². The van der Waals surface area contributed by atoms with Crippen LogP contribution < -0.4 is 4.74 Å². The second kappa shape index (κ2) is 7.30. The number of aryl methyl sites for hydroxylation is 3. The number of para-hydroxylation sites is 1. The normalized spacial score (nSPS) is 13.4. The molecule has 2 heterocycles.